The Morgan fingerprint density at radius 1 is 1.32 bits per heavy atom. The average molecular weight is 370 g/mol. The highest BCUT2D eigenvalue weighted by Gasteiger charge is 2.24. The molecular weight excluding hydrogens is 336 g/mol. The molecule has 1 heterocycles. The van der Waals surface area contributed by atoms with Gasteiger partial charge in [0, 0.05) is 30.5 Å². The molecule has 6 nitrogen and oxygen atoms in total. The first-order chi connectivity index (χ1) is 12.0. The van der Waals surface area contributed by atoms with Gasteiger partial charge >= 0.3 is 0 Å². The number of carbonyl (C=O) groups is 2. The molecular formula is C18H33N4O2S+. The second-order valence-electron chi connectivity index (χ2n) is 6.70. The summed E-state index contributed by atoms with van der Waals surface area (Å²) in [5.74, 6) is -0.0517. The van der Waals surface area contributed by atoms with Crippen LogP contribution in [0.5, 0.6) is 0 Å². The van der Waals surface area contributed by atoms with Crippen LogP contribution in [0.1, 0.15) is 46.0 Å². The zero-order valence-electron chi connectivity index (χ0n) is 16.0. The quantitative estimate of drug-likeness (QED) is 0.589. The van der Waals surface area contributed by atoms with Crippen LogP contribution >= 0.6 is 11.3 Å². The van der Waals surface area contributed by atoms with Crippen LogP contribution in [-0.2, 0) is 9.59 Å². The Morgan fingerprint density at radius 2 is 2.08 bits per heavy atom. The summed E-state index contributed by atoms with van der Waals surface area (Å²) < 4.78 is 0. The minimum Gasteiger partial charge on any atom is -0.340 e. The predicted octanol–water partition coefficient (Wildman–Crippen LogP) is 1.66. The molecule has 1 aromatic heterocycles. The Balaban J connectivity index is 2.68. The summed E-state index contributed by atoms with van der Waals surface area (Å²) in [7, 11) is 4.19. The topological polar surface area (TPSA) is 66.7 Å². The fourth-order valence-electron chi connectivity index (χ4n) is 2.72. The molecule has 142 valence electrons. The predicted molar refractivity (Wildman–Crippen MR) is 103 cm³/mol. The molecule has 0 saturated carbocycles. The lowest BCUT2D eigenvalue weighted by Gasteiger charge is -2.26. The molecule has 0 aliphatic rings. The van der Waals surface area contributed by atoms with Crippen molar-refractivity contribution in [3.8, 4) is 0 Å². The molecule has 0 fully saturated rings. The number of nitrogens with one attached hydrogen (secondary N) is 2. The number of thiazole rings is 1. The maximum absolute atomic E-state index is 12.9. The lowest BCUT2D eigenvalue weighted by Crippen LogP contribution is -3.05. The minimum atomic E-state index is -0.175. The number of rotatable bonds is 12. The molecule has 1 rings (SSSR count). The standard InChI is InChI=1S/C18H32N4O2S/c1-5-7-9-15(6-2)17(24)22(12-8-11-21(3)4)14-16(23)20-18-19-10-13-25-18/h10,13,15H,5-9,11-12,14H2,1-4H3,(H,19,20,23)/p+1/t15-/m0/s1. The van der Waals surface area contributed by atoms with Crippen molar-refractivity contribution in [2.24, 2.45) is 5.92 Å². The number of carbonyl (C=O) groups excluding carboxylic acids is 2. The molecule has 0 aromatic carbocycles. The molecule has 2 N–H and O–H groups in total. The van der Waals surface area contributed by atoms with Gasteiger partial charge in [0.25, 0.3) is 0 Å². The van der Waals surface area contributed by atoms with Gasteiger partial charge in [-0.2, -0.15) is 0 Å². The lowest BCUT2D eigenvalue weighted by atomic mass is 9.97. The molecule has 0 aliphatic heterocycles. The number of anilines is 1. The van der Waals surface area contributed by atoms with Gasteiger partial charge in [-0.3, -0.25) is 9.59 Å². The smallest absolute Gasteiger partial charge is 0.245 e. The largest absolute Gasteiger partial charge is 0.340 e. The average Bonchev–Trinajstić information content (AvgIpc) is 3.06. The van der Waals surface area contributed by atoms with Crippen LogP contribution in [-0.4, -0.2) is 55.4 Å². The van der Waals surface area contributed by atoms with Crippen molar-refractivity contribution in [3.05, 3.63) is 11.6 Å². The highest BCUT2D eigenvalue weighted by molar-refractivity contribution is 7.13. The van der Waals surface area contributed by atoms with E-state index in [2.05, 4.69) is 38.2 Å². The zero-order chi connectivity index (χ0) is 18.7. The second kappa shape index (κ2) is 12.0. The van der Waals surface area contributed by atoms with Crippen LogP contribution in [0.25, 0.3) is 0 Å². The van der Waals surface area contributed by atoms with Crippen LogP contribution in [0.4, 0.5) is 5.13 Å². The molecule has 0 bridgehead atoms. The number of hydrogen-bond acceptors (Lipinski definition) is 4. The van der Waals surface area contributed by atoms with E-state index < -0.39 is 0 Å². The first kappa shape index (κ1) is 21.6. The molecule has 0 unspecified atom stereocenters. The Morgan fingerprint density at radius 3 is 2.64 bits per heavy atom. The monoisotopic (exact) mass is 369 g/mol. The molecule has 2 amide bonds. The highest BCUT2D eigenvalue weighted by Crippen LogP contribution is 2.17. The number of aromatic nitrogens is 1. The normalized spacial score (nSPS) is 12.2. The molecule has 0 radical (unpaired) electrons. The van der Waals surface area contributed by atoms with Gasteiger partial charge in [0.2, 0.25) is 11.8 Å². The van der Waals surface area contributed by atoms with E-state index in [0.29, 0.717) is 11.7 Å². The minimum absolute atomic E-state index is 0.0133. The van der Waals surface area contributed by atoms with Gasteiger partial charge in [-0.25, -0.2) is 4.98 Å². The Kier molecular flexibility index (Phi) is 10.3. The van der Waals surface area contributed by atoms with Gasteiger partial charge in [0.1, 0.15) is 0 Å². The van der Waals surface area contributed by atoms with Crippen LogP contribution < -0.4 is 10.2 Å². The molecule has 0 saturated heterocycles. The van der Waals surface area contributed by atoms with E-state index in [0.717, 1.165) is 38.6 Å². The van der Waals surface area contributed by atoms with Gasteiger partial charge in [0.15, 0.2) is 5.13 Å². The number of quaternary nitrogens is 1. The number of unbranched alkanes of at least 4 members (excludes halogenated alkanes) is 1. The fourth-order valence-corrected chi connectivity index (χ4v) is 3.26. The third-order valence-electron chi connectivity index (χ3n) is 4.18. The number of hydrogen-bond donors (Lipinski definition) is 2. The van der Waals surface area contributed by atoms with Gasteiger partial charge in [-0.1, -0.05) is 26.7 Å². The summed E-state index contributed by atoms with van der Waals surface area (Å²) in [6.45, 7) is 5.89. The summed E-state index contributed by atoms with van der Waals surface area (Å²) >= 11 is 1.38. The Labute approximate surface area is 155 Å². The molecule has 25 heavy (non-hydrogen) atoms. The van der Waals surface area contributed by atoms with Crippen LogP contribution in [0.2, 0.25) is 0 Å². The fraction of sp³-hybridized carbons (Fsp3) is 0.722. The molecule has 0 aliphatic carbocycles. The maximum Gasteiger partial charge on any atom is 0.245 e. The van der Waals surface area contributed by atoms with Gasteiger partial charge in [-0.05, 0) is 12.8 Å². The Hall–Kier alpha value is -1.47. The van der Waals surface area contributed by atoms with Crippen molar-refractivity contribution in [3.63, 3.8) is 0 Å². The lowest BCUT2D eigenvalue weighted by molar-refractivity contribution is -0.858. The maximum atomic E-state index is 12.9. The zero-order valence-corrected chi connectivity index (χ0v) is 16.8. The van der Waals surface area contributed by atoms with Gasteiger partial charge in [-0.15, -0.1) is 11.3 Å². The second-order valence-corrected chi connectivity index (χ2v) is 7.60. The summed E-state index contributed by atoms with van der Waals surface area (Å²) in [6, 6.07) is 0. The van der Waals surface area contributed by atoms with E-state index in [9.17, 15) is 9.59 Å². The van der Waals surface area contributed by atoms with Crippen LogP contribution in [0, 0.1) is 5.92 Å². The van der Waals surface area contributed by atoms with E-state index in [4.69, 9.17) is 0 Å². The number of amides is 2. The van der Waals surface area contributed by atoms with Crippen molar-refractivity contribution >= 4 is 28.3 Å². The van der Waals surface area contributed by atoms with Crippen molar-refractivity contribution in [2.75, 3.05) is 39.0 Å². The first-order valence-electron chi connectivity index (χ1n) is 9.25. The SMILES string of the molecule is CCCC[C@H](CC)C(=O)N(CCC[NH+](C)C)CC(=O)Nc1nccs1. The molecule has 1 atom stereocenters. The van der Waals surface area contributed by atoms with Crippen LogP contribution in [0.15, 0.2) is 11.6 Å². The van der Waals surface area contributed by atoms with Crippen molar-refractivity contribution in [2.45, 2.75) is 46.0 Å². The van der Waals surface area contributed by atoms with E-state index in [1.54, 1.807) is 11.1 Å². The molecule has 0 spiro atoms. The summed E-state index contributed by atoms with van der Waals surface area (Å²) in [5, 5.41) is 5.17. The molecule has 7 heteroatoms. The van der Waals surface area contributed by atoms with E-state index in [1.807, 2.05) is 5.38 Å². The third-order valence-corrected chi connectivity index (χ3v) is 4.87. The van der Waals surface area contributed by atoms with E-state index >= 15 is 0 Å². The Bertz CT molecular complexity index is 505. The van der Waals surface area contributed by atoms with Gasteiger partial charge < -0.3 is 15.1 Å². The summed E-state index contributed by atoms with van der Waals surface area (Å²) in [4.78, 5) is 32.4. The summed E-state index contributed by atoms with van der Waals surface area (Å²) in [5.41, 5.74) is 0. The van der Waals surface area contributed by atoms with Crippen molar-refractivity contribution in [1.82, 2.24) is 9.88 Å². The molecule has 1 aromatic rings. The highest BCUT2D eigenvalue weighted by atomic mass is 32.1. The third kappa shape index (κ3) is 8.45. The summed E-state index contributed by atoms with van der Waals surface area (Å²) in [6.07, 6.45) is 6.39. The first-order valence-corrected chi connectivity index (χ1v) is 10.1. The van der Waals surface area contributed by atoms with E-state index in [-0.39, 0.29) is 24.3 Å². The van der Waals surface area contributed by atoms with Crippen LogP contribution in [0.3, 0.4) is 0 Å². The van der Waals surface area contributed by atoms with E-state index in [1.165, 1.54) is 16.2 Å². The number of nitrogens with zero attached hydrogens (tertiary/aromatic N) is 2. The van der Waals surface area contributed by atoms with Crippen molar-refractivity contribution in [1.29, 1.82) is 0 Å². The van der Waals surface area contributed by atoms with Crippen molar-refractivity contribution < 1.29 is 14.5 Å². The van der Waals surface area contributed by atoms with Gasteiger partial charge in [0.05, 0.1) is 27.2 Å².